The predicted molar refractivity (Wildman–Crippen MR) is 118 cm³/mol. The number of halogens is 2. The van der Waals surface area contributed by atoms with Crippen molar-refractivity contribution in [2.24, 2.45) is 5.10 Å². The van der Waals surface area contributed by atoms with Crippen LogP contribution < -0.4 is 9.47 Å². The van der Waals surface area contributed by atoms with E-state index < -0.39 is 5.72 Å². The number of rotatable bonds is 2. The lowest BCUT2D eigenvalue weighted by Crippen LogP contribution is -2.58. The third-order valence-corrected chi connectivity index (χ3v) is 6.90. The molecule has 0 N–H and O–H groups in total. The molecule has 2 aromatic carbocycles. The molecule has 0 amide bonds. The van der Waals surface area contributed by atoms with Gasteiger partial charge in [0.15, 0.2) is 11.5 Å². The van der Waals surface area contributed by atoms with E-state index in [2.05, 4.69) is 39.0 Å². The number of hydrogen-bond acceptors (Lipinski definition) is 5. The Morgan fingerprint density at radius 3 is 2.62 bits per heavy atom. The van der Waals surface area contributed by atoms with E-state index in [0.29, 0.717) is 0 Å². The van der Waals surface area contributed by atoms with E-state index in [1.807, 2.05) is 30.3 Å². The summed E-state index contributed by atoms with van der Waals surface area (Å²) in [4.78, 5) is 2.35. The van der Waals surface area contributed by atoms with Gasteiger partial charge in [-0.25, -0.2) is 5.01 Å². The molecule has 7 heteroatoms. The molecule has 152 valence electrons. The van der Waals surface area contributed by atoms with Crippen LogP contribution in [0, 0.1) is 0 Å². The van der Waals surface area contributed by atoms with Crippen LogP contribution >= 0.6 is 27.5 Å². The number of nitrogens with zero attached hydrogens (tertiary/aromatic N) is 3. The van der Waals surface area contributed by atoms with E-state index in [1.54, 1.807) is 7.11 Å². The quantitative estimate of drug-likeness (QED) is 0.606. The van der Waals surface area contributed by atoms with Crippen molar-refractivity contribution in [2.45, 2.75) is 31.0 Å². The Hall–Kier alpha value is -1.76. The molecule has 1 atom stereocenters. The molecule has 0 aliphatic carbocycles. The maximum absolute atomic E-state index is 6.73. The maximum Gasteiger partial charge on any atom is 0.200 e. The molecule has 2 aromatic rings. The number of benzene rings is 2. The van der Waals surface area contributed by atoms with Gasteiger partial charge in [-0.3, -0.25) is 0 Å². The molecule has 0 saturated carbocycles. The summed E-state index contributed by atoms with van der Waals surface area (Å²) in [6.45, 7) is 1.95. The summed E-state index contributed by atoms with van der Waals surface area (Å²) in [6, 6.07) is 12.2. The number of hydrazone groups is 1. The molecular formula is C22H23BrClN3O2. The molecule has 1 fully saturated rings. The SMILES string of the molecule is COc1cc(Br)cc2c1OC1(CCN(C)CC1)N1N=C(c3ccc(Cl)cc3)CC21. The van der Waals surface area contributed by atoms with Gasteiger partial charge in [-0.2, -0.15) is 5.10 Å². The third-order valence-electron chi connectivity index (χ3n) is 6.19. The highest BCUT2D eigenvalue weighted by molar-refractivity contribution is 9.10. The van der Waals surface area contributed by atoms with Gasteiger partial charge in [0.05, 0.1) is 18.9 Å². The molecule has 0 aromatic heterocycles. The first-order valence-corrected chi connectivity index (χ1v) is 11.0. The molecular weight excluding hydrogens is 454 g/mol. The lowest BCUT2D eigenvalue weighted by molar-refractivity contribution is -0.148. The van der Waals surface area contributed by atoms with Gasteiger partial charge in [-0.15, -0.1) is 0 Å². The molecule has 0 radical (unpaired) electrons. The normalized spacial score (nSPS) is 22.7. The molecule has 3 heterocycles. The van der Waals surface area contributed by atoms with Crippen molar-refractivity contribution in [3.05, 3.63) is 57.0 Å². The smallest absolute Gasteiger partial charge is 0.200 e. The second kappa shape index (κ2) is 7.18. The van der Waals surface area contributed by atoms with Crippen LogP contribution in [0.3, 0.4) is 0 Å². The summed E-state index contributed by atoms with van der Waals surface area (Å²) < 4.78 is 13.4. The predicted octanol–water partition coefficient (Wildman–Crippen LogP) is 5.08. The van der Waals surface area contributed by atoms with Crippen LogP contribution in [0.2, 0.25) is 5.02 Å². The van der Waals surface area contributed by atoms with Crippen LogP contribution in [-0.4, -0.2) is 48.6 Å². The molecule has 0 bridgehead atoms. The van der Waals surface area contributed by atoms with E-state index in [9.17, 15) is 0 Å². The van der Waals surface area contributed by atoms with Crippen LogP contribution in [0.4, 0.5) is 0 Å². The summed E-state index contributed by atoms with van der Waals surface area (Å²) in [5.41, 5.74) is 2.85. The van der Waals surface area contributed by atoms with E-state index in [4.69, 9.17) is 26.2 Å². The summed E-state index contributed by atoms with van der Waals surface area (Å²) in [6.07, 6.45) is 2.63. The van der Waals surface area contributed by atoms with Gasteiger partial charge in [0.2, 0.25) is 5.72 Å². The highest BCUT2D eigenvalue weighted by Gasteiger charge is 2.52. The zero-order valence-corrected chi connectivity index (χ0v) is 18.8. The fourth-order valence-electron chi connectivity index (χ4n) is 4.58. The van der Waals surface area contributed by atoms with E-state index >= 15 is 0 Å². The molecule has 5 nitrogen and oxygen atoms in total. The Balaban J connectivity index is 1.62. The Kier molecular flexibility index (Phi) is 4.76. The van der Waals surface area contributed by atoms with Crippen molar-refractivity contribution in [1.82, 2.24) is 9.91 Å². The van der Waals surface area contributed by atoms with E-state index in [0.717, 1.165) is 70.2 Å². The summed E-state index contributed by atoms with van der Waals surface area (Å²) in [7, 11) is 3.86. The molecule has 1 saturated heterocycles. The van der Waals surface area contributed by atoms with Gasteiger partial charge in [-0.1, -0.05) is 39.7 Å². The minimum Gasteiger partial charge on any atom is -0.493 e. The van der Waals surface area contributed by atoms with Crippen molar-refractivity contribution >= 4 is 33.2 Å². The van der Waals surface area contributed by atoms with Crippen molar-refractivity contribution in [3.8, 4) is 11.5 Å². The van der Waals surface area contributed by atoms with Crippen LogP contribution in [0.15, 0.2) is 46.0 Å². The third kappa shape index (κ3) is 3.22. The number of hydrogen-bond donors (Lipinski definition) is 0. The second-order valence-corrected chi connectivity index (χ2v) is 9.35. The molecule has 1 unspecified atom stereocenters. The molecule has 1 spiro atoms. The first-order chi connectivity index (χ1) is 14.0. The zero-order valence-electron chi connectivity index (χ0n) is 16.5. The fraction of sp³-hybridized carbons (Fsp3) is 0.409. The standard InChI is InChI=1S/C22H23BrClN3O2/c1-26-9-7-22(8-10-26)27-19(13-18(25-27)14-3-5-16(24)6-4-14)17-11-15(23)12-20(28-2)21(17)29-22/h3-6,11-12,19H,7-10,13H2,1-2H3. The van der Waals surface area contributed by atoms with Gasteiger partial charge in [0, 0.05) is 47.4 Å². The number of likely N-dealkylation sites (tertiary alicyclic amines) is 1. The molecule has 5 rings (SSSR count). The number of ether oxygens (including phenoxy) is 2. The Morgan fingerprint density at radius 2 is 1.93 bits per heavy atom. The summed E-state index contributed by atoms with van der Waals surface area (Å²) >= 11 is 9.72. The van der Waals surface area contributed by atoms with Crippen LogP contribution in [0.5, 0.6) is 11.5 Å². The van der Waals surface area contributed by atoms with Crippen molar-refractivity contribution in [3.63, 3.8) is 0 Å². The molecule has 3 aliphatic heterocycles. The van der Waals surface area contributed by atoms with Crippen LogP contribution in [-0.2, 0) is 0 Å². The highest BCUT2D eigenvalue weighted by Crippen LogP contribution is 2.53. The fourth-order valence-corrected chi connectivity index (χ4v) is 5.16. The lowest BCUT2D eigenvalue weighted by Gasteiger charge is -2.51. The average molecular weight is 477 g/mol. The summed E-state index contributed by atoms with van der Waals surface area (Å²) in [5, 5.41) is 8.06. The van der Waals surface area contributed by atoms with Crippen LogP contribution in [0.1, 0.15) is 36.4 Å². The van der Waals surface area contributed by atoms with Crippen molar-refractivity contribution in [2.75, 3.05) is 27.2 Å². The Morgan fingerprint density at radius 1 is 1.21 bits per heavy atom. The Bertz CT molecular complexity index is 971. The number of methoxy groups -OCH3 is 1. The Labute approximate surface area is 184 Å². The summed E-state index contributed by atoms with van der Waals surface area (Å²) in [5.74, 6) is 1.63. The monoisotopic (exact) mass is 475 g/mol. The van der Waals surface area contributed by atoms with Gasteiger partial charge >= 0.3 is 0 Å². The van der Waals surface area contributed by atoms with Crippen molar-refractivity contribution < 1.29 is 9.47 Å². The van der Waals surface area contributed by atoms with Crippen molar-refractivity contribution in [1.29, 1.82) is 0 Å². The largest absolute Gasteiger partial charge is 0.493 e. The van der Waals surface area contributed by atoms with Gasteiger partial charge in [0.25, 0.3) is 0 Å². The van der Waals surface area contributed by atoms with E-state index in [1.165, 1.54) is 0 Å². The number of piperidine rings is 1. The lowest BCUT2D eigenvalue weighted by atomic mass is 9.90. The minimum atomic E-state index is -0.445. The van der Waals surface area contributed by atoms with Gasteiger partial charge in [0.1, 0.15) is 0 Å². The van der Waals surface area contributed by atoms with Crippen LogP contribution in [0.25, 0.3) is 0 Å². The second-order valence-electron chi connectivity index (χ2n) is 8.00. The number of fused-ring (bicyclic) bond motifs is 4. The first kappa shape index (κ1) is 19.2. The highest BCUT2D eigenvalue weighted by atomic mass is 79.9. The molecule has 29 heavy (non-hydrogen) atoms. The topological polar surface area (TPSA) is 37.3 Å². The first-order valence-electron chi connectivity index (χ1n) is 9.87. The van der Waals surface area contributed by atoms with Gasteiger partial charge < -0.3 is 14.4 Å². The average Bonchev–Trinajstić information content (AvgIpc) is 3.18. The zero-order chi connectivity index (χ0) is 20.2. The van der Waals surface area contributed by atoms with E-state index in [-0.39, 0.29) is 6.04 Å². The molecule has 3 aliphatic rings. The minimum absolute atomic E-state index is 0.124. The maximum atomic E-state index is 6.73. The van der Waals surface area contributed by atoms with Gasteiger partial charge in [-0.05, 0) is 36.9 Å².